The molecule has 0 amide bonds. The van der Waals surface area contributed by atoms with Crippen LogP contribution < -0.4 is 0 Å². The van der Waals surface area contributed by atoms with Gasteiger partial charge in [0, 0.05) is 24.1 Å². The van der Waals surface area contributed by atoms with Gasteiger partial charge in [0.05, 0.1) is 5.54 Å². The standard InChI is InChI=1S/C17H27NO4/c1-8-13(19)21-12-11-16(4,5)18(10-3)17(6,7)15(12)22-14(20)9-2/h8-9,12,15H,1-2,10-11H2,3-7H3. The first-order valence-corrected chi connectivity index (χ1v) is 7.54. The zero-order chi connectivity index (χ0) is 17.1. The fraction of sp³-hybridized carbons (Fsp3) is 0.647. The summed E-state index contributed by atoms with van der Waals surface area (Å²) in [6.45, 7) is 17.9. The van der Waals surface area contributed by atoms with E-state index in [0.29, 0.717) is 6.42 Å². The molecule has 5 nitrogen and oxygen atoms in total. The summed E-state index contributed by atoms with van der Waals surface area (Å²) in [5.74, 6) is -1.03. The van der Waals surface area contributed by atoms with E-state index in [9.17, 15) is 9.59 Å². The van der Waals surface area contributed by atoms with Crippen molar-refractivity contribution in [3.05, 3.63) is 25.3 Å². The van der Waals surface area contributed by atoms with Crippen LogP contribution in [0.25, 0.3) is 0 Å². The van der Waals surface area contributed by atoms with Crippen molar-refractivity contribution in [2.45, 2.75) is 64.3 Å². The number of piperidine rings is 1. The topological polar surface area (TPSA) is 55.8 Å². The van der Waals surface area contributed by atoms with E-state index in [1.54, 1.807) is 0 Å². The Kier molecular flexibility index (Phi) is 5.57. The largest absolute Gasteiger partial charge is 0.455 e. The number of esters is 2. The van der Waals surface area contributed by atoms with Gasteiger partial charge < -0.3 is 9.47 Å². The van der Waals surface area contributed by atoms with Gasteiger partial charge in [0.25, 0.3) is 0 Å². The van der Waals surface area contributed by atoms with Crippen LogP contribution in [-0.4, -0.2) is 46.7 Å². The molecule has 5 heteroatoms. The Morgan fingerprint density at radius 3 is 2.09 bits per heavy atom. The molecule has 1 rings (SSSR count). The van der Waals surface area contributed by atoms with Crippen molar-refractivity contribution in [3.8, 4) is 0 Å². The van der Waals surface area contributed by atoms with Crippen LogP contribution in [0, 0.1) is 0 Å². The van der Waals surface area contributed by atoms with Crippen molar-refractivity contribution in [3.63, 3.8) is 0 Å². The van der Waals surface area contributed by atoms with E-state index in [2.05, 4.69) is 38.8 Å². The predicted octanol–water partition coefficient (Wildman–Crippen LogP) is 2.46. The molecule has 1 saturated heterocycles. The summed E-state index contributed by atoms with van der Waals surface area (Å²) in [6, 6.07) is 0. The summed E-state index contributed by atoms with van der Waals surface area (Å²) >= 11 is 0. The number of carbonyl (C=O) groups is 2. The normalized spacial score (nSPS) is 26.8. The lowest BCUT2D eigenvalue weighted by atomic mass is 9.75. The third-order valence-electron chi connectivity index (χ3n) is 4.32. The summed E-state index contributed by atoms with van der Waals surface area (Å²) in [5.41, 5.74) is -0.678. The highest BCUT2D eigenvalue weighted by Crippen LogP contribution is 2.41. The lowest BCUT2D eigenvalue weighted by Crippen LogP contribution is -2.70. The molecule has 0 spiro atoms. The molecule has 1 heterocycles. The second-order valence-electron chi connectivity index (χ2n) is 6.66. The third kappa shape index (κ3) is 3.58. The molecule has 0 aromatic carbocycles. The lowest BCUT2D eigenvalue weighted by Gasteiger charge is -2.57. The summed E-state index contributed by atoms with van der Waals surface area (Å²) < 4.78 is 11.0. The number of hydrogen-bond donors (Lipinski definition) is 0. The molecule has 0 aromatic heterocycles. The van der Waals surface area contributed by atoms with E-state index in [4.69, 9.17) is 9.47 Å². The van der Waals surface area contributed by atoms with Gasteiger partial charge in [-0.15, -0.1) is 0 Å². The van der Waals surface area contributed by atoms with Crippen LogP contribution in [0.1, 0.15) is 41.0 Å². The number of ether oxygens (including phenoxy) is 2. The lowest BCUT2D eigenvalue weighted by molar-refractivity contribution is -0.201. The van der Waals surface area contributed by atoms with Crippen LogP contribution in [0.15, 0.2) is 25.3 Å². The van der Waals surface area contributed by atoms with E-state index < -0.39 is 29.7 Å². The van der Waals surface area contributed by atoms with Crippen molar-refractivity contribution in [2.24, 2.45) is 0 Å². The zero-order valence-electron chi connectivity index (χ0n) is 14.2. The average Bonchev–Trinajstić information content (AvgIpc) is 2.41. The summed E-state index contributed by atoms with van der Waals surface area (Å²) in [5, 5.41) is 0. The van der Waals surface area contributed by atoms with E-state index in [-0.39, 0.29) is 5.54 Å². The molecule has 2 unspecified atom stereocenters. The molecule has 1 aliphatic rings. The molecule has 1 fully saturated rings. The number of carbonyl (C=O) groups excluding carboxylic acids is 2. The predicted molar refractivity (Wildman–Crippen MR) is 85.3 cm³/mol. The molecule has 0 N–H and O–H groups in total. The molecule has 1 aliphatic heterocycles. The molecule has 0 aliphatic carbocycles. The summed E-state index contributed by atoms with van der Waals surface area (Å²) in [6.07, 6.45) is 1.72. The second kappa shape index (κ2) is 6.65. The fourth-order valence-corrected chi connectivity index (χ4v) is 3.63. The van der Waals surface area contributed by atoms with Gasteiger partial charge in [0.1, 0.15) is 6.10 Å². The van der Waals surface area contributed by atoms with Gasteiger partial charge in [-0.25, -0.2) is 9.59 Å². The van der Waals surface area contributed by atoms with E-state index in [1.165, 1.54) is 0 Å². The van der Waals surface area contributed by atoms with Crippen LogP contribution in [0.5, 0.6) is 0 Å². The van der Waals surface area contributed by atoms with E-state index in [1.807, 2.05) is 13.8 Å². The van der Waals surface area contributed by atoms with Gasteiger partial charge in [-0.3, -0.25) is 4.90 Å². The molecule has 2 atom stereocenters. The molecule has 22 heavy (non-hydrogen) atoms. The van der Waals surface area contributed by atoms with Crippen LogP contribution in [0.2, 0.25) is 0 Å². The Morgan fingerprint density at radius 2 is 1.64 bits per heavy atom. The Hall–Kier alpha value is -1.62. The minimum absolute atomic E-state index is 0.193. The molecule has 0 aromatic rings. The molecule has 0 bridgehead atoms. The second-order valence-corrected chi connectivity index (χ2v) is 6.66. The van der Waals surface area contributed by atoms with Crippen molar-refractivity contribution in [2.75, 3.05) is 6.54 Å². The van der Waals surface area contributed by atoms with Gasteiger partial charge in [-0.05, 0) is 34.2 Å². The first-order valence-electron chi connectivity index (χ1n) is 7.54. The maximum absolute atomic E-state index is 11.7. The molecular formula is C17H27NO4. The van der Waals surface area contributed by atoms with Gasteiger partial charge >= 0.3 is 11.9 Å². The van der Waals surface area contributed by atoms with Gasteiger partial charge in [-0.1, -0.05) is 20.1 Å². The summed E-state index contributed by atoms with van der Waals surface area (Å²) in [4.78, 5) is 25.6. The van der Waals surface area contributed by atoms with Crippen molar-refractivity contribution < 1.29 is 19.1 Å². The Bertz CT molecular complexity index is 467. The minimum Gasteiger partial charge on any atom is -0.455 e. The molecule has 124 valence electrons. The molecule has 0 radical (unpaired) electrons. The highest BCUT2D eigenvalue weighted by Gasteiger charge is 2.54. The zero-order valence-corrected chi connectivity index (χ0v) is 14.2. The number of rotatable bonds is 5. The summed E-state index contributed by atoms with van der Waals surface area (Å²) in [7, 11) is 0. The van der Waals surface area contributed by atoms with Crippen molar-refractivity contribution in [1.82, 2.24) is 4.90 Å². The van der Waals surface area contributed by atoms with E-state index >= 15 is 0 Å². The Balaban J connectivity index is 3.20. The van der Waals surface area contributed by atoms with Crippen LogP contribution >= 0.6 is 0 Å². The van der Waals surface area contributed by atoms with Crippen molar-refractivity contribution >= 4 is 11.9 Å². The maximum Gasteiger partial charge on any atom is 0.330 e. The number of hydrogen-bond acceptors (Lipinski definition) is 5. The highest BCUT2D eigenvalue weighted by molar-refractivity contribution is 5.82. The SMILES string of the molecule is C=CC(=O)OC1CC(C)(C)N(CC)C(C)(C)C1OC(=O)C=C. The smallest absolute Gasteiger partial charge is 0.330 e. The van der Waals surface area contributed by atoms with Gasteiger partial charge in [-0.2, -0.15) is 0 Å². The highest BCUT2D eigenvalue weighted by atomic mass is 16.6. The Morgan fingerprint density at radius 1 is 1.14 bits per heavy atom. The number of likely N-dealkylation sites (tertiary alicyclic amines) is 1. The molecular weight excluding hydrogens is 282 g/mol. The van der Waals surface area contributed by atoms with Crippen LogP contribution in [0.3, 0.4) is 0 Å². The minimum atomic E-state index is -0.574. The number of likely N-dealkylation sites (N-methyl/N-ethyl adjacent to an activating group) is 1. The molecule has 0 saturated carbocycles. The first-order chi connectivity index (χ1) is 10.1. The average molecular weight is 309 g/mol. The van der Waals surface area contributed by atoms with Crippen LogP contribution in [0.4, 0.5) is 0 Å². The van der Waals surface area contributed by atoms with Crippen molar-refractivity contribution in [1.29, 1.82) is 0 Å². The fourth-order valence-electron chi connectivity index (χ4n) is 3.63. The monoisotopic (exact) mass is 309 g/mol. The van der Waals surface area contributed by atoms with Gasteiger partial charge in [0.2, 0.25) is 0 Å². The Labute approximate surface area is 133 Å². The maximum atomic E-state index is 11.7. The van der Waals surface area contributed by atoms with Gasteiger partial charge in [0.15, 0.2) is 6.10 Å². The van der Waals surface area contributed by atoms with E-state index in [0.717, 1.165) is 18.7 Å². The first kappa shape index (κ1) is 18.4. The third-order valence-corrected chi connectivity index (χ3v) is 4.32. The van der Waals surface area contributed by atoms with Crippen LogP contribution in [-0.2, 0) is 19.1 Å². The number of nitrogens with zero attached hydrogens (tertiary/aromatic N) is 1. The quantitative estimate of drug-likeness (QED) is 0.577.